The summed E-state index contributed by atoms with van der Waals surface area (Å²) in [7, 11) is 0. The minimum Gasteiger partial charge on any atom is -0.299 e. The summed E-state index contributed by atoms with van der Waals surface area (Å²) in [5, 5.41) is 1.24. The van der Waals surface area contributed by atoms with Crippen molar-refractivity contribution in [2.24, 2.45) is 0 Å². The monoisotopic (exact) mass is 263 g/mol. The highest BCUT2D eigenvalue weighted by molar-refractivity contribution is 7.99. The van der Waals surface area contributed by atoms with Crippen LogP contribution < -0.4 is 11.5 Å². The van der Waals surface area contributed by atoms with Gasteiger partial charge >= 0.3 is 0 Å². The van der Waals surface area contributed by atoms with E-state index in [1.165, 1.54) is 21.4 Å². The fraction of sp³-hybridized carbons (Fsp3) is 0.357. The van der Waals surface area contributed by atoms with Crippen LogP contribution in [0.1, 0.15) is 23.7 Å². The third-order valence-corrected chi connectivity index (χ3v) is 4.07. The van der Waals surface area contributed by atoms with E-state index in [0.29, 0.717) is 0 Å². The molecule has 1 aromatic heterocycles. The number of aromatic nitrogens is 1. The number of hydrogen-bond acceptors (Lipinski definition) is 2. The molecular formula is C14H21N3S+2. The van der Waals surface area contributed by atoms with Crippen molar-refractivity contribution in [3.8, 4) is 0 Å². The maximum Gasteiger partial charge on any atom is 0.260 e. The lowest BCUT2D eigenvalue weighted by Crippen LogP contribution is -2.82. The third kappa shape index (κ3) is 2.51. The highest BCUT2D eigenvalue weighted by Gasteiger charge is 2.16. The van der Waals surface area contributed by atoms with E-state index in [2.05, 4.69) is 50.4 Å². The molecule has 0 atom stereocenters. The first kappa shape index (κ1) is 13.3. The molecule has 0 unspecified atom stereocenters. The molecule has 0 saturated heterocycles. The maximum atomic E-state index is 4.70. The van der Waals surface area contributed by atoms with Crippen LogP contribution in [-0.2, 0) is 6.42 Å². The van der Waals surface area contributed by atoms with Gasteiger partial charge in [-0.05, 0) is 38.0 Å². The Labute approximate surface area is 112 Å². The normalized spacial score (nSPS) is 11.4. The average Bonchev–Trinajstić information content (AvgIpc) is 2.30. The van der Waals surface area contributed by atoms with E-state index in [1.54, 1.807) is 11.8 Å². The van der Waals surface area contributed by atoms with Crippen molar-refractivity contribution in [1.82, 2.24) is 4.98 Å². The molecule has 2 aromatic rings. The summed E-state index contributed by atoms with van der Waals surface area (Å²) < 4.78 is 0. The molecule has 0 saturated carbocycles. The Bertz CT molecular complexity index is 579. The van der Waals surface area contributed by atoms with Crippen molar-refractivity contribution in [2.75, 3.05) is 0 Å². The lowest BCUT2D eigenvalue weighted by Gasteiger charge is -2.13. The number of nitrogens with zero attached hydrogens (tertiary/aromatic N) is 1. The fourth-order valence-corrected chi connectivity index (χ4v) is 3.28. The number of aryl methyl sites for hydroxylation is 2. The zero-order valence-electron chi connectivity index (χ0n) is 11.3. The predicted molar refractivity (Wildman–Crippen MR) is 76.0 cm³/mol. The number of pyridine rings is 1. The molecule has 0 amide bonds. The van der Waals surface area contributed by atoms with E-state index < -0.39 is 0 Å². The Morgan fingerprint density at radius 3 is 2.61 bits per heavy atom. The number of hydrogen-bond donors (Lipinski definition) is 2. The van der Waals surface area contributed by atoms with Gasteiger partial charge in [0.05, 0.1) is 5.52 Å². The number of rotatable bonds is 3. The second-order valence-corrected chi connectivity index (χ2v) is 5.93. The van der Waals surface area contributed by atoms with Gasteiger partial charge in [0.2, 0.25) is 0 Å². The van der Waals surface area contributed by atoms with Gasteiger partial charge in [-0.1, -0.05) is 18.6 Å². The van der Waals surface area contributed by atoms with Crippen molar-refractivity contribution in [3.63, 3.8) is 0 Å². The van der Waals surface area contributed by atoms with Crippen LogP contribution in [0.15, 0.2) is 23.1 Å². The van der Waals surface area contributed by atoms with Gasteiger partial charge in [-0.2, -0.15) is 0 Å². The first-order valence-corrected chi connectivity index (χ1v) is 7.13. The molecule has 96 valence electrons. The van der Waals surface area contributed by atoms with Crippen LogP contribution in [0.3, 0.4) is 0 Å². The molecule has 0 aliphatic carbocycles. The first-order valence-electron chi connectivity index (χ1n) is 6.25. The standard InChI is InChI=1S/C14H19N3S/c1-4-10-9(3)17-12-6-5-8(2)7-11(12)13(10)18-14(15)16/h5-7,14H,4,15-16H2,1-3H3/p+2. The van der Waals surface area contributed by atoms with E-state index in [0.717, 1.165) is 17.6 Å². The number of fused-ring (bicyclic) bond motifs is 1. The number of thioether (sulfide) groups is 1. The molecular weight excluding hydrogens is 242 g/mol. The summed E-state index contributed by atoms with van der Waals surface area (Å²) in [4.78, 5) is 6.01. The van der Waals surface area contributed by atoms with Gasteiger partial charge in [0.1, 0.15) is 0 Å². The van der Waals surface area contributed by atoms with E-state index in [9.17, 15) is 0 Å². The summed E-state index contributed by atoms with van der Waals surface area (Å²) in [6.07, 6.45) is 0.998. The third-order valence-electron chi connectivity index (χ3n) is 3.03. The quantitative estimate of drug-likeness (QED) is 0.647. The molecule has 4 heteroatoms. The molecule has 18 heavy (non-hydrogen) atoms. The second-order valence-electron chi connectivity index (χ2n) is 4.62. The van der Waals surface area contributed by atoms with E-state index in [1.807, 2.05) is 0 Å². The van der Waals surface area contributed by atoms with Crippen molar-refractivity contribution in [1.29, 1.82) is 0 Å². The SMILES string of the molecule is CCc1c(C)nc2ccc(C)cc2c1SC([NH3+])[NH3+]. The first-order chi connectivity index (χ1) is 8.52. The molecule has 0 radical (unpaired) electrons. The number of benzene rings is 1. The molecule has 3 nitrogen and oxygen atoms in total. The lowest BCUT2D eigenvalue weighted by atomic mass is 10.1. The highest BCUT2D eigenvalue weighted by Crippen LogP contribution is 2.33. The topological polar surface area (TPSA) is 68.2 Å². The summed E-state index contributed by atoms with van der Waals surface area (Å²) in [6, 6.07) is 6.43. The van der Waals surface area contributed by atoms with Crippen LogP contribution in [-0.4, -0.2) is 10.5 Å². The Hall–Kier alpha value is -1.10. The van der Waals surface area contributed by atoms with E-state index >= 15 is 0 Å². The van der Waals surface area contributed by atoms with Crippen molar-refractivity contribution in [2.45, 2.75) is 37.6 Å². The van der Waals surface area contributed by atoms with E-state index in [4.69, 9.17) is 4.98 Å². The van der Waals surface area contributed by atoms with Crippen molar-refractivity contribution in [3.05, 3.63) is 35.0 Å². The minimum atomic E-state index is 0.0980. The van der Waals surface area contributed by atoms with Crippen LogP contribution in [0.2, 0.25) is 0 Å². The van der Waals surface area contributed by atoms with Gasteiger partial charge in [0.25, 0.3) is 5.50 Å². The molecule has 6 N–H and O–H groups in total. The predicted octanol–water partition coefficient (Wildman–Crippen LogP) is 1.27. The number of quaternary nitrogens is 2. The molecule has 0 aliphatic heterocycles. The zero-order chi connectivity index (χ0) is 13.3. The summed E-state index contributed by atoms with van der Waals surface area (Å²) in [5.74, 6) is 0. The molecule has 0 fully saturated rings. The Morgan fingerprint density at radius 1 is 1.28 bits per heavy atom. The molecule has 0 aliphatic rings. The lowest BCUT2D eigenvalue weighted by molar-refractivity contribution is -0.619. The summed E-state index contributed by atoms with van der Waals surface area (Å²) >= 11 is 1.74. The van der Waals surface area contributed by atoms with Gasteiger partial charge in [-0.15, -0.1) is 0 Å². The molecule has 1 aromatic carbocycles. The van der Waals surface area contributed by atoms with Gasteiger partial charge in [0.15, 0.2) is 0 Å². The van der Waals surface area contributed by atoms with Gasteiger partial charge < -0.3 is 0 Å². The van der Waals surface area contributed by atoms with Crippen LogP contribution in [0.4, 0.5) is 0 Å². The molecule has 2 rings (SSSR count). The van der Waals surface area contributed by atoms with Gasteiger partial charge in [-0.3, -0.25) is 16.5 Å². The van der Waals surface area contributed by atoms with Crippen LogP contribution in [0, 0.1) is 13.8 Å². The van der Waals surface area contributed by atoms with E-state index in [-0.39, 0.29) is 5.50 Å². The fourth-order valence-electron chi connectivity index (χ4n) is 2.22. The molecule has 0 bridgehead atoms. The largest absolute Gasteiger partial charge is 0.299 e. The zero-order valence-corrected chi connectivity index (χ0v) is 12.1. The highest BCUT2D eigenvalue weighted by atomic mass is 32.2. The second kappa shape index (κ2) is 5.26. The smallest absolute Gasteiger partial charge is 0.260 e. The summed E-state index contributed by atoms with van der Waals surface area (Å²) in [6.45, 7) is 6.38. The van der Waals surface area contributed by atoms with Crippen molar-refractivity contribution >= 4 is 22.7 Å². The Morgan fingerprint density at radius 2 is 2.00 bits per heavy atom. The summed E-state index contributed by atoms with van der Waals surface area (Å²) in [5.41, 5.74) is 12.9. The van der Waals surface area contributed by atoms with Gasteiger partial charge in [-0.25, -0.2) is 0 Å². The maximum absolute atomic E-state index is 4.70. The average molecular weight is 263 g/mol. The Kier molecular flexibility index (Phi) is 3.90. The van der Waals surface area contributed by atoms with Crippen LogP contribution >= 0.6 is 11.8 Å². The Balaban J connectivity index is 2.76. The molecule has 0 spiro atoms. The van der Waals surface area contributed by atoms with Crippen molar-refractivity contribution < 1.29 is 11.5 Å². The van der Waals surface area contributed by atoms with Crippen LogP contribution in [0.5, 0.6) is 0 Å². The van der Waals surface area contributed by atoms with Crippen LogP contribution in [0.25, 0.3) is 10.9 Å². The van der Waals surface area contributed by atoms with Gasteiger partial charge in [0, 0.05) is 27.7 Å². The minimum absolute atomic E-state index is 0.0980. The molecule has 1 heterocycles.